The van der Waals surface area contributed by atoms with Gasteiger partial charge in [-0.2, -0.15) is 0 Å². The molecular weight excluding hydrogens is 194 g/mol. The minimum atomic E-state index is -0.837. The summed E-state index contributed by atoms with van der Waals surface area (Å²) in [5.41, 5.74) is 0.111. The Bertz CT molecular complexity index is 228. The standard InChI is InChI=1S/C11H22NO3/c1-9(10(2)13)11(14)15-8-6-7-12(3,4)5/h10,13H,1,6-8H2,2-5H3/q+1. The first kappa shape index (κ1) is 14.1. The number of quaternary nitrogens is 1. The van der Waals surface area contributed by atoms with Crippen molar-refractivity contribution in [3.05, 3.63) is 12.2 Å². The van der Waals surface area contributed by atoms with E-state index in [2.05, 4.69) is 27.7 Å². The molecule has 0 fully saturated rings. The first-order valence-corrected chi connectivity index (χ1v) is 5.08. The van der Waals surface area contributed by atoms with E-state index < -0.39 is 12.1 Å². The molecular formula is C11H22NO3+. The van der Waals surface area contributed by atoms with Gasteiger partial charge >= 0.3 is 5.97 Å². The number of ether oxygens (including phenoxy) is 1. The monoisotopic (exact) mass is 216 g/mol. The number of aliphatic hydroxyl groups excluding tert-OH is 1. The predicted molar refractivity (Wildman–Crippen MR) is 59.3 cm³/mol. The van der Waals surface area contributed by atoms with Crippen LogP contribution < -0.4 is 0 Å². The third-order valence-corrected chi connectivity index (χ3v) is 1.97. The second kappa shape index (κ2) is 5.88. The van der Waals surface area contributed by atoms with Gasteiger partial charge in [0.1, 0.15) is 0 Å². The first-order valence-electron chi connectivity index (χ1n) is 5.08. The van der Waals surface area contributed by atoms with Gasteiger partial charge in [-0.05, 0) is 6.92 Å². The summed E-state index contributed by atoms with van der Waals surface area (Å²) in [6.45, 7) is 6.26. The van der Waals surface area contributed by atoms with Crippen LogP contribution in [0, 0.1) is 0 Å². The molecule has 0 aromatic rings. The van der Waals surface area contributed by atoms with Gasteiger partial charge in [0.05, 0.1) is 46.0 Å². The molecule has 0 spiro atoms. The molecule has 0 aromatic heterocycles. The Morgan fingerprint density at radius 3 is 2.40 bits per heavy atom. The molecule has 1 atom stereocenters. The number of rotatable bonds is 6. The lowest BCUT2D eigenvalue weighted by molar-refractivity contribution is -0.870. The van der Waals surface area contributed by atoms with Crippen LogP contribution in [-0.4, -0.2) is 56.0 Å². The van der Waals surface area contributed by atoms with Gasteiger partial charge in [0, 0.05) is 6.42 Å². The van der Waals surface area contributed by atoms with Crippen LogP contribution in [0.15, 0.2) is 12.2 Å². The third-order valence-electron chi connectivity index (χ3n) is 1.97. The van der Waals surface area contributed by atoms with Crippen molar-refractivity contribution in [2.75, 3.05) is 34.3 Å². The molecule has 0 radical (unpaired) electrons. The topological polar surface area (TPSA) is 46.5 Å². The van der Waals surface area contributed by atoms with E-state index >= 15 is 0 Å². The van der Waals surface area contributed by atoms with Crippen molar-refractivity contribution in [1.82, 2.24) is 0 Å². The average Bonchev–Trinajstić information content (AvgIpc) is 2.09. The molecule has 0 bridgehead atoms. The van der Waals surface area contributed by atoms with Gasteiger partial charge in [-0.1, -0.05) is 6.58 Å². The minimum absolute atomic E-state index is 0.111. The molecule has 1 N–H and O–H groups in total. The quantitative estimate of drug-likeness (QED) is 0.305. The van der Waals surface area contributed by atoms with E-state index in [-0.39, 0.29) is 5.57 Å². The number of aliphatic hydroxyl groups is 1. The van der Waals surface area contributed by atoms with Gasteiger partial charge in [-0.25, -0.2) is 4.79 Å². The fourth-order valence-electron chi connectivity index (χ4n) is 0.967. The maximum atomic E-state index is 11.2. The molecule has 0 aliphatic carbocycles. The molecule has 0 aliphatic rings. The van der Waals surface area contributed by atoms with Crippen molar-refractivity contribution in [3.8, 4) is 0 Å². The smallest absolute Gasteiger partial charge is 0.336 e. The van der Waals surface area contributed by atoms with Crippen LogP contribution in [-0.2, 0) is 9.53 Å². The predicted octanol–water partition coefficient (Wildman–Crippen LogP) is 0.563. The van der Waals surface area contributed by atoms with Crippen molar-refractivity contribution in [1.29, 1.82) is 0 Å². The Labute approximate surface area is 91.7 Å². The lowest BCUT2D eigenvalue weighted by Gasteiger charge is -2.23. The number of carbonyl (C=O) groups excluding carboxylic acids is 1. The Balaban J connectivity index is 3.70. The molecule has 0 amide bonds. The van der Waals surface area contributed by atoms with Crippen LogP contribution in [0.2, 0.25) is 0 Å². The van der Waals surface area contributed by atoms with Gasteiger partial charge in [0.2, 0.25) is 0 Å². The molecule has 0 rings (SSSR count). The van der Waals surface area contributed by atoms with E-state index in [0.717, 1.165) is 17.4 Å². The Morgan fingerprint density at radius 1 is 1.47 bits per heavy atom. The highest BCUT2D eigenvalue weighted by Gasteiger charge is 2.14. The highest BCUT2D eigenvalue weighted by Crippen LogP contribution is 2.02. The van der Waals surface area contributed by atoms with Crippen LogP contribution in [0.25, 0.3) is 0 Å². The molecule has 0 heterocycles. The van der Waals surface area contributed by atoms with Crippen LogP contribution in [0.4, 0.5) is 0 Å². The number of esters is 1. The van der Waals surface area contributed by atoms with Crippen molar-refractivity contribution in [2.24, 2.45) is 0 Å². The lowest BCUT2D eigenvalue weighted by Crippen LogP contribution is -2.36. The minimum Gasteiger partial charge on any atom is -0.462 e. The van der Waals surface area contributed by atoms with E-state index in [4.69, 9.17) is 9.84 Å². The van der Waals surface area contributed by atoms with E-state index in [0.29, 0.717) is 6.61 Å². The van der Waals surface area contributed by atoms with E-state index in [1.807, 2.05) is 0 Å². The second-order valence-electron chi connectivity index (χ2n) is 4.70. The van der Waals surface area contributed by atoms with Crippen LogP contribution in [0.5, 0.6) is 0 Å². The SMILES string of the molecule is C=C(C(=O)OCCC[N+](C)(C)C)C(C)O. The molecule has 15 heavy (non-hydrogen) atoms. The fourth-order valence-corrected chi connectivity index (χ4v) is 0.967. The third kappa shape index (κ3) is 7.11. The summed E-state index contributed by atoms with van der Waals surface area (Å²) in [6, 6.07) is 0. The molecule has 0 aliphatic heterocycles. The molecule has 1 unspecified atom stereocenters. The highest BCUT2D eigenvalue weighted by molar-refractivity contribution is 5.88. The van der Waals surface area contributed by atoms with E-state index in [1.54, 1.807) is 0 Å². The average molecular weight is 216 g/mol. The zero-order valence-electron chi connectivity index (χ0n) is 10.1. The summed E-state index contributed by atoms with van der Waals surface area (Å²) in [5.74, 6) is -0.508. The zero-order chi connectivity index (χ0) is 12.1. The first-order chi connectivity index (χ1) is 6.74. The van der Waals surface area contributed by atoms with Gasteiger partial charge in [0.25, 0.3) is 0 Å². The van der Waals surface area contributed by atoms with Crippen LogP contribution in [0.1, 0.15) is 13.3 Å². The Kier molecular flexibility index (Phi) is 5.54. The number of hydrogen-bond donors (Lipinski definition) is 1. The van der Waals surface area contributed by atoms with Gasteiger partial charge in [-0.3, -0.25) is 0 Å². The van der Waals surface area contributed by atoms with Crippen molar-refractivity contribution < 1.29 is 19.1 Å². The van der Waals surface area contributed by atoms with Gasteiger partial charge in [-0.15, -0.1) is 0 Å². The molecule has 0 saturated heterocycles. The van der Waals surface area contributed by atoms with Gasteiger partial charge < -0.3 is 14.3 Å². The lowest BCUT2D eigenvalue weighted by atomic mass is 10.2. The Morgan fingerprint density at radius 2 is 2.00 bits per heavy atom. The molecule has 0 saturated carbocycles. The summed E-state index contributed by atoms with van der Waals surface area (Å²) < 4.78 is 5.79. The van der Waals surface area contributed by atoms with Crippen molar-refractivity contribution in [2.45, 2.75) is 19.4 Å². The largest absolute Gasteiger partial charge is 0.462 e. The molecule has 0 aromatic carbocycles. The molecule has 4 nitrogen and oxygen atoms in total. The number of carbonyl (C=O) groups is 1. The summed E-state index contributed by atoms with van der Waals surface area (Å²) in [5, 5.41) is 9.07. The van der Waals surface area contributed by atoms with Gasteiger partial charge in [0.15, 0.2) is 0 Å². The van der Waals surface area contributed by atoms with Crippen molar-refractivity contribution >= 4 is 5.97 Å². The van der Waals surface area contributed by atoms with Crippen molar-refractivity contribution in [3.63, 3.8) is 0 Å². The van der Waals surface area contributed by atoms with Crippen LogP contribution >= 0.6 is 0 Å². The Hall–Kier alpha value is -0.870. The summed E-state index contributed by atoms with van der Waals surface area (Å²) in [4.78, 5) is 11.2. The fraction of sp³-hybridized carbons (Fsp3) is 0.727. The normalized spacial score (nSPS) is 13.4. The van der Waals surface area contributed by atoms with Crippen LogP contribution in [0.3, 0.4) is 0 Å². The maximum absolute atomic E-state index is 11.2. The highest BCUT2D eigenvalue weighted by atomic mass is 16.5. The van der Waals surface area contributed by atoms with E-state index in [1.165, 1.54) is 6.92 Å². The number of hydrogen-bond acceptors (Lipinski definition) is 3. The zero-order valence-corrected chi connectivity index (χ0v) is 10.1. The summed E-state index contributed by atoms with van der Waals surface area (Å²) in [7, 11) is 6.24. The molecule has 4 heteroatoms. The molecule has 88 valence electrons. The second-order valence-corrected chi connectivity index (χ2v) is 4.70. The van der Waals surface area contributed by atoms with E-state index in [9.17, 15) is 4.79 Å². The maximum Gasteiger partial charge on any atom is 0.336 e. The number of nitrogens with zero attached hydrogens (tertiary/aromatic N) is 1. The summed E-state index contributed by atoms with van der Waals surface area (Å²) in [6.07, 6.45) is -0.0293. The summed E-state index contributed by atoms with van der Waals surface area (Å²) >= 11 is 0.